The van der Waals surface area contributed by atoms with Gasteiger partial charge in [0.1, 0.15) is 11.5 Å². The number of amides is 1. The SMILES string of the molecule is COc1c(C)cc(C)cc1/C(O)=C1\C(=O)C(=O)N(c2cccc(C)c2C)C1c1ccccc1. The van der Waals surface area contributed by atoms with E-state index in [4.69, 9.17) is 4.74 Å². The van der Waals surface area contributed by atoms with Crippen molar-refractivity contribution in [3.63, 3.8) is 0 Å². The van der Waals surface area contributed by atoms with Crippen LogP contribution in [-0.2, 0) is 9.59 Å². The molecule has 3 aromatic carbocycles. The fraction of sp³-hybridized carbons (Fsp3) is 0.214. The Labute approximate surface area is 193 Å². The summed E-state index contributed by atoms with van der Waals surface area (Å²) < 4.78 is 5.56. The molecule has 1 saturated heterocycles. The molecule has 1 unspecified atom stereocenters. The third-order valence-electron chi connectivity index (χ3n) is 6.27. The van der Waals surface area contributed by atoms with Crippen LogP contribution in [0.1, 0.15) is 39.4 Å². The van der Waals surface area contributed by atoms with Crippen molar-refractivity contribution in [2.24, 2.45) is 0 Å². The first-order valence-corrected chi connectivity index (χ1v) is 10.8. The Morgan fingerprint density at radius 2 is 1.61 bits per heavy atom. The van der Waals surface area contributed by atoms with Gasteiger partial charge in [0.25, 0.3) is 11.7 Å². The van der Waals surface area contributed by atoms with Gasteiger partial charge < -0.3 is 9.84 Å². The summed E-state index contributed by atoms with van der Waals surface area (Å²) in [4.78, 5) is 28.3. The Kier molecular flexibility index (Phi) is 5.81. The molecule has 0 bridgehead atoms. The molecule has 1 heterocycles. The number of anilines is 1. The third kappa shape index (κ3) is 3.69. The van der Waals surface area contributed by atoms with Crippen molar-refractivity contribution in [2.75, 3.05) is 12.0 Å². The number of ether oxygens (including phenoxy) is 1. The van der Waals surface area contributed by atoms with Gasteiger partial charge in [-0.1, -0.05) is 48.5 Å². The Morgan fingerprint density at radius 1 is 0.909 bits per heavy atom. The second-order valence-corrected chi connectivity index (χ2v) is 8.46. The van der Waals surface area contributed by atoms with Crippen LogP contribution in [0.4, 0.5) is 5.69 Å². The monoisotopic (exact) mass is 441 g/mol. The smallest absolute Gasteiger partial charge is 0.300 e. The fourth-order valence-corrected chi connectivity index (χ4v) is 4.57. The number of nitrogens with zero attached hydrogens (tertiary/aromatic N) is 1. The molecule has 1 aliphatic rings. The van der Waals surface area contributed by atoms with Crippen LogP contribution < -0.4 is 9.64 Å². The van der Waals surface area contributed by atoms with Gasteiger partial charge in [0.2, 0.25) is 0 Å². The second-order valence-electron chi connectivity index (χ2n) is 8.46. The predicted molar refractivity (Wildman–Crippen MR) is 130 cm³/mol. The molecule has 5 nitrogen and oxygen atoms in total. The van der Waals surface area contributed by atoms with Crippen molar-refractivity contribution in [3.8, 4) is 5.75 Å². The number of rotatable bonds is 4. The van der Waals surface area contributed by atoms with Crippen LogP contribution in [0.25, 0.3) is 5.76 Å². The van der Waals surface area contributed by atoms with Crippen LogP contribution in [0.5, 0.6) is 5.75 Å². The lowest BCUT2D eigenvalue weighted by Crippen LogP contribution is -2.30. The first-order valence-electron chi connectivity index (χ1n) is 10.8. The highest BCUT2D eigenvalue weighted by Gasteiger charge is 2.47. The molecule has 0 aliphatic carbocycles. The summed E-state index contributed by atoms with van der Waals surface area (Å²) in [5.41, 5.74) is 5.50. The molecule has 4 rings (SSSR count). The van der Waals surface area contributed by atoms with Crippen molar-refractivity contribution >= 4 is 23.1 Å². The Bertz CT molecular complexity index is 1290. The van der Waals surface area contributed by atoms with Crippen LogP contribution in [-0.4, -0.2) is 23.9 Å². The van der Waals surface area contributed by atoms with Crippen LogP contribution in [0.3, 0.4) is 0 Å². The summed E-state index contributed by atoms with van der Waals surface area (Å²) in [6.07, 6.45) is 0. The Balaban J connectivity index is 2.03. The van der Waals surface area contributed by atoms with Gasteiger partial charge in [0.15, 0.2) is 0 Å². The molecule has 3 aromatic rings. The molecule has 0 saturated carbocycles. The summed E-state index contributed by atoms with van der Waals surface area (Å²) in [6, 6.07) is 17.9. The summed E-state index contributed by atoms with van der Waals surface area (Å²) >= 11 is 0. The van der Waals surface area contributed by atoms with E-state index >= 15 is 0 Å². The lowest BCUT2D eigenvalue weighted by atomic mass is 9.93. The molecule has 5 heteroatoms. The molecular weight excluding hydrogens is 414 g/mol. The molecular formula is C28H27NO4. The van der Waals surface area contributed by atoms with Gasteiger partial charge >= 0.3 is 0 Å². The highest BCUT2D eigenvalue weighted by molar-refractivity contribution is 6.51. The van der Waals surface area contributed by atoms with E-state index in [0.29, 0.717) is 17.0 Å². The van der Waals surface area contributed by atoms with Gasteiger partial charge in [-0.2, -0.15) is 0 Å². The predicted octanol–water partition coefficient (Wildman–Crippen LogP) is 5.56. The molecule has 1 N–H and O–H groups in total. The minimum atomic E-state index is -0.766. The highest BCUT2D eigenvalue weighted by Crippen LogP contribution is 2.44. The number of Topliss-reactive ketones (excluding diaryl/α,β-unsaturated/α-hetero) is 1. The molecule has 1 fully saturated rings. The first-order chi connectivity index (χ1) is 15.8. The molecule has 33 heavy (non-hydrogen) atoms. The molecule has 1 aliphatic heterocycles. The van der Waals surface area contributed by atoms with Crippen molar-refractivity contribution < 1.29 is 19.4 Å². The maximum absolute atomic E-state index is 13.4. The standard InChI is InChI=1S/C28H27NO4/c1-16-14-18(3)27(33-5)21(15-16)25(30)23-24(20-11-7-6-8-12-20)29(28(32)26(23)31)22-13-9-10-17(2)19(22)4/h6-15,24,30H,1-5H3/b25-23+. The minimum Gasteiger partial charge on any atom is -0.507 e. The van der Waals surface area contributed by atoms with E-state index in [1.807, 2.05) is 82.3 Å². The van der Waals surface area contributed by atoms with Crippen molar-refractivity contribution in [1.29, 1.82) is 0 Å². The maximum atomic E-state index is 13.4. The van der Waals surface area contributed by atoms with E-state index in [1.165, 1.54) is 12.0 Å². The van der Waals surface area contributed by atoms with Gasteiger partial charge in [-0.15, -0.1) is 0 Å². The Hall–Kier alpha value is -3.86. The largest absolute Gasteiger partial charge is 0.507 e. The number of benzene rings is 3. The van der Waals surface area contributed by atoms with Crippen molar-refractivity contribution in [3.05, 3.63) is 99.6 Å². The van der Waals surface area contributed by atoms with Crippen LogP contribution in [0.2, 0.25) is 0 Å². The zero-order valence-corrected chi connectivity index (χ0v) is 19.5. The summed E-state index contributed by atoms with van der Waals surface area (Å²) in [5, 5.41) is 11.5. The molecule has 0 aromatic heterocycles. The first kappa shape index (κ1) is 22.3. The summed E-state index contributed by atoms with van der Waals surface area (Å²) in [5.74, 6) is -1.15. The van der Waals surface area contributed by atoms with Gasteiger partial charge in [0, 0.05) is 5.69 Å². The number of hydrogen-bond donors (Lipinski definition) is 1. The number of carbonyl (C=O) groups is 2. The number of aryl methyl sites for hydroxylation is 3. The quantitative estimate of drug-likeness (QED) is 0.327. The fourth-order valence-electron chi connectivity index (χ4n) is 4.57. The molecule has 168 valence electrons. The zero-order chi connectivity index (χ0) is 23.9. The number of aliphatic hydroxyl groups excluding tert-OH is 1. The zero-order valence-electron chi connectivity index (χ0n) is 19.5. The number of aliphatic hydroxyl groups is 1. The maximum Gasteiger partial charge on any atom is 0.300 e. The average Bonchev–Trinajstić information content (AvgIpc) is 3.06. The third-order valence-corrected chi connectivity index (χ3v) is 6.27. The van der Waals surface area contributed by atoms with E-state index < -0.39 is 17.7 Å². The van der Waals surface area contributed by atoms with E-state index in [9.17, 15) is 14.7 Å². The van der Waals surface area contributed by atoms with Gasteiger partial charge in [-0.25, -0.2) is 0 Å². The highest BCUT2D eigenvalue weighted by atomic mass is 16.5. The van der Waals surface area contributed by atoms with Gasteiger partial charge in [-0.05, 0) is 67.6 Å². The number of carbonyl (C=O) groups excluding carboxylic acids is 2. The van der Waals surface area contributed by atoms with Crippen LogP contribution in [0, 0.1) is 27.7 Å². The van der Waals surface area contributed by atoms with E-state index in [0.717, 1.165) is 27.8 Å². The number of hydrogen-bond acceptors (Lipinski definition) is 4. The number of ketones is 1. The normalized spacial score (nSPS) is 17.5. The van der Waals surface area contributed by atoms with Crippen LogP contribution in [0.15, 0.2) is 66.2 Å². The summed E-state index contributed by atoms with van der Waals surface area (Å²) in [6.45, 7) is 7.69. The topological polar surface area (TPSA) is 66.8 Å². The molecule has 0 spiro atoms. The summed E-state index contributed by atoms with van der Waals surface area (Å²) in [7, 11) is 1.53. The van der Waals surface area contributed by atoms with Gasteiger partial charge in [-0.3, -0.25) is 14.5 Å². The molecule has 1 amide bonds. The lowest BCUT2D eigenvalue weighted by Gasteiger charge is -2.27. The van der Waals surface area contributed by atoms with Crippen molar-refractivity contribution in [2.45, 2.75) is 33.7 Å². The van der Waals surface area contributed by atoms with Gasteiger partial charge in [0.05, 0.1) is 24.3 Å². The molecule has 1 atom stereocenters. The van der Waals surface area contributed by atoms with Crippen LogP contribution >= 0.6 is 0 Å². The number of methoxy groups -OCH3 is 1. The van der Waals surface area contributed by atoms with E-state index in [1.54, 1.807) is 6.07 Å². The average molecular weight is 442 g/mol. The van der Waals surface area contributed by atoms with Crippen molar-refractivity contribution in [1.82, 2.24) is 0 Å². The minimum absolute atomic E-state index is 0.0513. The lowest BCUT2D eigenvalue weighted by molar-refractivity contribution is -0.132. The second kappa shape index (κ2) is 8.58. The van der Waals surface area contributed by atoms with E-state index in [-0.39, 0.29) is 11.3 Å². The molecule has 0 radical (unpaired) electrons. The van der Waals surface area contributed by atoms with E-state index in [2.05, 4.69) is 0 Å². The Morgan fingerprint density at radius 3 is 2.27 bits per heavy atom.